The summed E-state index contributed by atoms with van der Waals surface area (Å²) in [4.78, 5) is 38.1. The Morgan fingerprint density at radius 3 is 2.52 bits per heavy atom. The van der Waals surface area contributed by atoms with Gasteiger partial charge in [0.1, 0.15) is 11.5 Å². The molecule has 2 amide bonds. The molecule has 0 spiro atoms. The third kappa shape index (κ3) is 3.09. The molecule has 3 fully saturated rings. The molecule has 6 atom stereocenters. The summed E-state index contributed by atoms with van der Waals surface area (Å²) < 4.78 is 10.9. The number of benzene rings is 1. The molecule has 2 heterocycles. The van der Waals surface area contributed by atoms with Gasteiger partial charge in [-0.2, -0.15) is 10.1 Å². The number of esters is 1. The second kappa shape index (κ2) is 7.42. The number of imide groups is 1. The third-order valence-electron chi connectivity index (χ3n) is 7.31. The van der Waals surface area contributed by atoms with E-state index in [2.05, 4.69) is 17.3 Å². The van der Waals surface area contributed by atoms with E-state index in [0.29, 0.717) is 33.9 Å². The molecule has 1 aromatic carbocycles. The Morgan fingerprint density at radius 1 is 1.15 bits per heavy atom. The normalized spacial score (nSPS) is 31.3. The van der Waals surface area contributed by atoms with E-state index in [1.165, 1.54) is 6.21 Å². The van der Waals surface area contributed by atoms with E-state index in [9.17, 15) is 14.4 Å². The van der Waals surface area contributed by atoms with Crippen molar-refractivity contribution in [2.75, 3.05) is 6.61 Å². The average Bonchev–Trinajstić information content (AvgIpc) is 3.45. The summed E-state index contributed by atoms with van der Waals surface area (Å²) >= 11 is 6.13. The van der Waals surface area contributed by atoms with Gasteiger partial charge in [0.15, 0.2) is 0 Å². The Bertz CT molecular complexity index is 1210. The molecule has 33 heavy (non-hydrogen) atoms. The lowest BCUT2D eigenvalue weighted by Crippen LogP contribution is -2.40. The van der Waals surface area contributed by atoms with Crippen molar-refractivity contribution >= 4 is 35.6 Å². The molecule has 5 aliphatic rings. The average molecular weight is 465 g/mol. The van der Waals surface area contributed by atoms with Crippen molar-refractivity contribution in [3.63, 3.8) is 0 Å². The Labute approximate surface area is 195 Å². The lowest BCUT2D eigenvalue weighted by atomic mass is 9.63. The van der Waals surface area contributed by atoms with Gasteiger partial charge in [0.2, 0.25) is 0 Å². The highest BCUT2D eigenvalue weighted by Gasteiger charge is 2.67. The second-order valence-electron chi connectivity index (χ2n) is 9.00. The molecule has 0 N–H and O–H groups in total. The van der Waals surface area contributed by atoms with Gasteiger partial charge in [-0.05, 0) is 67.3 Å². The molecule has 0 radical (unpaired) electrons. The first-order valence-corrected chi connectivity index (χ1v) is 11.5. The van der Waals surface area contributed by atoms with Gasteiger partial charge >= 0.3 is 5.97 Å². The van der Waals surface area contributed by atoms with Gasteiger partial charge in [0.25, 0.3) is 11.8 Å². The zero-order valence-electron chi connectivity index (χ0n) is 17.8. The molecule has 1 aromatic heterocycles. The standard InChI is InChI=1S/C25H21ClN2O5/c1-2-32-25(31)18-9-12(3-7-19(18)26)20-8-4-13(33-20)11-27-28-23(29)21-14-5-6-15(17-10-16(14)17)22(21)24(28)30/h3-9,11,14-17,21-22H,2,10H2,1H3/b27-11-/t14-,15+,16+,17-,21+,22-. The number of amides is 2. The topological polar surface area (TPSA) is 89.2 Å². The maximum absolute atomic E-state index is 13.0. The quantitative estimate of drug-likeness (QED) is 0.287. The molecule has 168 valence electrons. The summed E-state index contributed by atoms with van der Waals surface area (Å²) in [7, 11) is 0. The summed E-state index contributed by atoms with van der Waals surface area (Å²) in [5.74, 6) is 0.806. The highest BCUT2D eigenvalue weighted by atomic mass is 35.5. The molecule has 0 unspecified atom stereocenters. The maximum Gasteiger partial charge on any atom is 0.339 e. The molecule has 7 nitrogen and oxygen atoms in total. The summed E-state index contributed by atoms with van der Waals surface area (Å²) in [5, 5.41) is 5.52. The number of halogens is 1. The second-order valence-corrected chi connectivity index (χ2v) is 9.41. The van der Waals surface area contributed by atoms with Crippen LogP contribution in [0, 0.1) is 35.5 Å². The number of hydrogen-bond acceptors (Lipinski definition) is 6. The van der Waals surface area contributed by atoms with Gasteiger partial charge in [0.05, 0.1) is 35.2 Å². The van der Waals surface area contributed by atoms with Gasteiger partial charge in [0, 0.05) is 5.56 Å². The molecule has 2 saturated carbocycles. The minimum absolute atomic E-state index is 0.162. The number of carbonyl (C=O) groups is 3. The summed E-state index contributed by atoms with van der Waals surface area (Å²) in [6, 6.07) is 8.36. The van der Waals surface area contributed by atoms with Crippen molar-refractivity contribution in [3.8, 4) is 11.3 Å². The van der Waals surface area contributed by atoms with E-state index >= 15 is 0 Å². The molecule has 4 aliphatic carbocycles. The highest BCUT2D eigenvalue weighted by Crippen LogP contribution is 2.65. The summed E-state index contributed by atoms with van der Waals surface area (Å²) in [6.07, 6.45) is 6.77. The highest BCUT2D eigenvalue weighted by molar-refractivity contribution is 6.33. The number of allylic oxidation sites excluding steroid dienone is 2. The lowest BCUT2D eigenvalue weighted by molar-refractivity contribution is -0.140. The van der Waals surface area contributed by atoms with Crippen LogP contribution >= 0.6 is 11.6 Å². The molecule has 2 aromatic rings. The molecule has 1 aliphatic heterocycles. The Morgan fingerprint density at radius 2 is 1.85 bits per heavy atom. The van der Waals surface area contributed by atoms with Crippen molar-refractivity contribution in [2.45, 2.75) is 13.3 Å². The van der Waals surface area contributed by atoms with Crippen molar-refractivity contribution in [2.24, 2.45) is 40.6 Å². The largest absolute Gasteiger partial charge is 0.462 e. The van der Waals surface area contributed by atoms with Crippen LogP contribution in [0.4, 0.5) is 0 Å². The van der Waals surface area contributed by atoms with E-state index in [4.69, 9.17) is 20.8 Å². The zero-order chi connectivity index (χ0) is 22.9. The predicted molar refractivity (Wildman–Crippen MR) is 119 cm³/mol. The molecular formula is C25H21ClN2O5. The van der Waals surface area contributed by atoms with Crippen LogP contribution in [0.25, 0.3) is 11.3 Å². The molecule has 8 heteroatoms. The number of furan rings is 1. The van der Waals surface area contributed by atoms with Crippen molar-refractivity contribution < 1.29 is 23.5 Å². The van der Waals surface area contributed by atoms with Gasteiger partial charge < -0.3 is 9.15 Å². The number of ether oxygens (including phenoxy) is 1. The van der Waals surface area contributed by atoms with Crippen LogP contribution in [0.15, 0.2) is 52.0 Å². The fraction of sp³-hybridized carbons (Fsp3) is 0.360. The smallest absolute Gasteiger partial charge is 0.339 e. The minimum Gasteiger partial charge on any atom is -0.462 e. The number of carbonyl (C=O) groups excluding carboxylic acids is 3. The van der Waals surface area contributed by atoms with E-state index < -0.39 is 5.97 Å². The summed E-state index contributed by atoms with van der Waals surface area (Å²) in [5.41, 5.74) is 0.892. The molecule has 2 bridgehead atoms. The van der Waals surface area contributed by atoms with Crippen LogP contribution in [0.2, 0.25) is 5.02 Å². The van der Waals surface area contributed by atoms with Crippen LogP contribution in [-0.4, -0.2) is 35.6 Å². The molecule has 7 rings (SSSR count). The van der Waals surface area contributed by atoms with E-state index in [1.54, 1.807) is 37.3 Å². The van der Waals surface area contributed by atoms with Crippen LogP contribution in [0.1, 0.15) is 29.5 Å². The Hall–Kier alpha value is -3.19. The van der Waals surface area contributed by atoms with E-state index in [0.717, 1.165) is 11.4 Å². The Balaban J connectivity index is 1.22. The minimum atomic E-state index is -0.508. The van der Waals surface area contributed by atoms with Gasteiger partial charge in [-0.1, -0.05) is 23.8 Å². The van der Waals surface area contributed by atoms with Crippen LogP contribution in [0.5, 0.6) is 0 Å². The molecule has 1 saturated heterocycles. The first-order chi connectivity index (χ1) is 16.0. The zero-order valence-corrected chi connectivity index (χ0v) is 18.6. The lowest BCUT2D eigenvalue weighted by Gasteiger charge is -2.37. The number of hydrogen-bond donors (Lipinski definition) is 0. The summed E-state index contributed by atoms with van der Waals surface area (Å²) in [6.45, 7) is 1.97. The number of hydrazone groups is 1. The first-order valence-electron chi connectivity index (χ1n) is 11.1. The first kappa shape index (κ1) is 20.4. The van der Waals surface area contributed by atoms with E-state index in [1.807, 2.05) is 0 Å². The van der Waals surface area contributed by atoms with Crippen molar-refractivity contribution in [1.29, 1.82) is 0 Å². The van der Waals surface area contributed by atoms with Crippen molar-refractivity contribution in [1.82, 2.24) is 5.01 Å². The van der Waals surface area contributed by atoms with E-state index in [-0.39, 0.29) is 47.7 Å². The third-order valence-corrected chi connectivity index (χ3v) is 7.64. The van der Waals surface area contributed by atoms with Crippen LogP contribution < -0.4 is 0 Å². The van der Waals surface area contributed by atoms with Gasteiger partial charge in [-0.25, -0.2) is 4.79 Å². The SMILES string of the molecule is CCOC(=O)c1cc(-c2ccc(/C=N\N3C(=O)[C@@H]4[C@H]5C=C[C@H]([C@@H]6C[C@H]56)[C@@H]4C3=O)o2)ccc1Cl. The predicted octanol–water partition coefficient (Wildman–Crippen LogP) is 4.16. The Kier molecular flexibility index (Phi) is 4.59. The maximum atomic E-state index is 13.0. The fourth-order valence-electron chi connectivity index (χ4n) is 5.79. The number of nitrogens with zero attached hydrogens (tertiary/aromatic N) is 2. The fourth-order valence-corrected chi connectivity index (χ4v) is 5.99. The van der Waals surface area contributed by atoms with Crippen molar-refractivity contribution in [3.05, 3.63) is 58.8 Å². The molecular weight excluding hydrogens is 444 g/mol. The number of rotatable bonds is 5. The van der Waals surface area contributed by atoms with Gasteiger partial charge in [-0.15, -0.1) is 0 Å². The monoisotopic (exact) mass is 464 g/mol. The van der Waals surface area contributed by atoms with Crippen LogP contribution in [0.3, 0.4) is 0 Å². The van der Waals surface area contributed by atoms with Gasteiger partial charge in [-0.3, -0.25) is 9.59 Å². The van der Waals surface area contributed by atoms with Crippen LogP contribution in [-0.2, 0) is 14.3 Å².